The summed E-state index contributed by atoms with van der Waals surface area (Å²) in [5, 5.41) is 11.2. The van der Waals surface area contributed by atoms with Crippen molar-refractivity contribution in [1.29, 1.82) is 0 Å². The Morgan fingerprint density at radius 1 is 1.17 bits per heavy atom. The highest BCUT2D eigenvalue weighted by Gasteiger charge is 2.16. The summed E-state index contributed by atoms with van der Waals surface area (Å²) in [6, 6.07) is 10.3. The summed E-state index contributed by atoms with van der Waals surface area (Å²) in [5.41, 5.74) is 2.82. The molecule has 0 saturated heterocycles. The number of furan rings is 1. The van der Waals surface area contributed by atoms with Crippen molar-refractivity contribution in [3.63, 3.8) is 0 Å². The van der Waals surface area contributed by atoms with Gasteiger partial charge in [-0.2, -0.15) is 0 Å². The molecule has 0 bridgehead atoms. The Morgan fingerprint density at radius 2 is 1.96 bits per heavy atom. The zero-order valence-electron chi connectivity index (χ0n) is 12.4. The molecule has 0 atom stereocenters. The van der Waals surface area contributed by atoms with Gasteiger partial charge in [-0.3, -0.25) is 0 Å². The van der Waals surface area contributed by atoms with Gasteiger partial charge in [-0.05, 0) is 35.9 Å². The van der Waals surface area contributed by atoms with Crippen LogP contribution in [-0.2, 0) is 12.8 Å². The third kappa shape index (κ3) is 3.07. The number of rotatable bonds is 4. The van der Waals surface area contributed by atoms with Crippen LogP contribution in [0.2, 0.25) is 10.0 Å². The van der Waals surface area contributed by atoms with E-state index in [1.165, 1.54) is 0 Å². The van der Waals surface area contributed by atoms with Crippen LogP contribution in [-0.4, -0.2) is 11.1 Å². The summed E-state index contributed by atoms with van der Waals surface area (Å²) < 4.78 is 5.86. The zero-order valence-corrected chi connectivity index (χ0v) is 13.9. The Hall–Kier alpha value is -1.97. The predicted molar refractivity (Wildman–Crippen MR) is 91.8 cm³/mol. The molecule has 0 amide bonds. The molecule has 2 aromatic carbocycles. The molecule has 0 aliphatic rings. The number of carboxylic acids is 1. The van der Waals surface area contributed by atoms with Gasteiger partial charge in [-0.25, -0.2) is 4.79 Å². The molecule has 0 unspecified atom stereocenters. The summed E-state index contributed by atoms with van der Waals surface area (Å²) in [6.07, 6.45) is 1.28. The van der Waals surface area contributed by atoms with E-state index in [9.17, 15) is 9.90 Å². The van der Waals surface area contributed by atoms with Crippen LogP contribution < -0.4 is 0 Å². The molecule has 1 heterocycles. The molecule has 3 nitrogen and oxygen atoms in total. The summed E-state index contributed by atoms with van der Waals surface area (Å²) in [7, 11) is 0. The van der Waals surface area contributed by atoms with Gasteiger partial charge in [0.2, 0.25) is 0 Å². The predicted octanol–water partition coefficient (Wildman–Crippen LogP) is 5.59. The standard InChI is InChI=1S/C18H14Cl2O3/c1-2-16-13(7-10-3-5-12(19)9-15(10)20)14-8-11(18(21)22)4-6-17(14)23-16/h3-6,8-9H,2,7H2,1H3,(H,21,22). The van der Waals surface area contributed by atoms with E-state index in [-0.39, 0.29) is 5.56 Å². The quantitative estimate of drug-likeness (QED) is 0.668. The van der Waals surface area contributed by atoms with Gasteiger partial charge in [-0.1, -0.05) is 36.2 Å². The van der Waals surface area contributed by atoms with Gasteiger partial charge < -0.3 is 9.52 Å². The number of hydrogen-bond donors (Lipinski definition) is 1. The molecule has 3 rings (SSSR count). The lowest BCUT2D eigenvalue weighted by atomic mass is 9.99. The van der Waals surface area contributed by atoms with E-state index in [1.54, 1.807) is 30.3 Å². The van der Waals surface area contributed by atoms with Crippen LogP contribution >= 0.6 is 23.2 Å². The third-order valence-corrected chi connectivity index (χ3v) is 4.41. The second-order valence-electron chi connectivity index (χ2n) is 5.29. The van der Waals surface area contributed by atoms with Crippen LogP contribution in [0.25, 0.3) is 11.0 Å². The van der Waals surface area contributed by atoms with E-state index in [0.29, 0.717) is 22.0 Å². The van der Waals surface area contributed by atoms with Crippen molar-refractivity contribution in [1.82, 2.24) is 0 Å². The summed E-state index contributed by atoms with van der Waals surface area (Å²) in [4.78, 5) is 11.2. The fraction of sp³-hybridized carbons (Fsp3) is 0.167. The van der Waals surface area contributed by atoms with E-state index >= 15 is 0 Å². The van der Waals surface area contributed by atoms with Gasteiger partial charge in [0.1, 0.15) is 11.3 Å². The topological polar surface area (TPSA) is 50.4 Å². The molecule has 5 heteroatoms. The Morgan fingerprint density at radius 3 is 2.61 bits per heavy atom. The van der Waals surface area contributed by atoms with Crippen LogP contribution in [0.5, 0.6) is 0 Å². The van der Waals surface area contributed by atoms with Crippen molar-refractivity contribution in [2.45, 2.75) is 19.8 Å². The maximum absolute atomic E-state index is 11.2. The fourth-order valence-electron chi connectivity index (χ4n) is 2.67. The monoisotopic (exact) mass is 348 g/mol. The molecule has 118 valence electrons. The van der Waals surface area contributed by atoms with Crippen LogP contribution in [0.1, 0.15) is 34.2 Å². The Balaban J connectivity index is 2.14. The second-order valence-corrected chi connectivity index (χ2v) is 6.13. The first-order valence-electron chi connectivity index (χ1n) is 7.21. The molecule has 0 radical (unpaired) electrons. The van der Waals surface area contributed by atoms with Crippen LogP contribution in [0.3, 0.4) is 0 Å². The zero-order chi connectivity index (χ0) is 16.6. The molecular formula is C18H14Cl2O3. The normalized spacial score (nSPS) is 11.1. The third-order valence-electron chi connectivity index (χ3n) is 3.82. The molecule has 3 aromatic rings. The highest BCUT2D eigenvalue weighted by molar-refractivity contribution is 6.35. The summed E-state index contributed by atoms with van der Waals surface area (Å²) in [6.45, 7) is 2.00. The minimum Gasteiger partial charge on any atom is -0.478 e. The van der Waals surface area contributed by atoms with Crippen molar-refractivity contribution in [3.8, 4) is 0 Å². The SMILES string of the molecule is CCc1oc2ccc(C(=O)O)cc2c1Cc1ccc(Cl)cc1Cl. The Labute approximate surface area is 143 Å². The molecular weight excluding hydrogens is 335 g/mol. The summed E-state index contributed by atoms with van der Waals surface area (Å²) in [5.74, 6) is -0.116. The molecule has 0 aliphatic carbocycles. The van der Waals surface area contributed by atoms with Crippen molar-refractivity contribution < 1.29 is 14.3 Å². The van der Waals surface area contributed by atoms with E-state index in [2.05, 4.69) is 0 Å². The summed E-state index contributed by atoms with van der Waals surface area (Å²) >= 11 is 12.2. The lowest BCUT2D eigenvalue weighted by Gasteiger charge is -2.06. The van der Waals surface area contributed by atoms with Crippen LogP contribution in [0.15, 0.2) is 40.8 Å². The van der Waals surface area contributed by atoms with Gasteiger partial charge in [0.25, 0.3) is 0 Å². The first kappa shape index (κ1) is 15.9. The van der Waals surface area contributed by atoms with Gasteiger partial charge in [0.05, 0.1) is 5.56 Å². The molecule has 1 N–H and O–H groups in total. The van der Waals surface area contributed by atoms with E-state index in [1.807, 2.05) is 13.0 Å². The van der Waals surface area contributed by atoms with Crippen molar-refractivity contribution in [2.75, 3.05) is 0 Å². The lowest BCUT2D eigenvalue weighted by Crippen LogP contribution is -1.96. The van der Waals surface area contributed by atoms with Gasteiger partial charge in [0, 0.05) is 33.8 Å². The molecule has 0 saturated carbocycles. The highest BCUT2D eigenvalue weighted by Crippen LogP contribution is 2.32. The fourth-order valence-corrected chi connectivity index (χ4v) is 3.14. The number of carbonyl (C=O) groups is 1. The molecule has 0 spiro atoms. The average Bonchev–Trinajstić information content (AvgIpc) is 2.87. The first-order valence-corrected chi connectivity index (χ1v) is 7.96. The lowest BCUT2D eigenvalue weighted by molar-refractivity contribution is 0.0697. The molecule has 0 fully saturated rings. The Bertz CT molecular complexity index is 897. The number of aromatic carboxylic acids is 1. The second kappa shape index (κ2) is 6.26. The first-order chi connectivity index (χ1) is 11.0. The number of fused-ring (bicyclic) bond motifs is 1. The van der Waals surface area contributed by atoms with Crippen molar-refractivity contribution in [2.24, 2.45) is 0 Å². The van der Waals surface area contributed by atoms with Gasteiger partial charge in [0.15, 0.2) is 0 Å². The van der Waals surface area contributed by atoms with Gasteiger partial charge >= 0.3 is 5.97 Å². The maximum Gasteiger partial charge on any atom is 0.335 e. The number of hydrogen-bond acceptors (Lipinski definition) is 2. The van der Waals surface area contributed by atoms with Crippen LogP contribution in [0, 0.1) is 0 Å². The minimum atomic E-state index is -0.957. The van der Waals surface area contributed by atoms with Crippen LogP contribution in [0.4, 0.5) is 0 Å². The largest absolute Gasteiger partial charge is 0.478 e. The number of aryl methyl sites for hydroxylation is 1. The van der Waals surface area contributed by atoms with Gasteiger partial charge in [-0.15, -0.1) is 0 Å². The van der Waals surface area contributed by atoms with E-state index in [0.717, 1.165) is 28.7 Å². The Kier molecular flexibility index (Phi) is 4.33. The number of benzene rings is 2. The van der Waals surface area contributed by atoms with Crippen molar-refractivity contribution >= 4 is 40.1 Å². The molecule has 1 aromatic heterocycles. The minimum absolute atomic E-state index is 0.240. The van der Waals surface area contributed by atoms with E-state index in [4.69, 9.17) is 27.6 Å². The number of carboxylic acid groups (broad SMARTS) is 1. The maximum atomic E-state index is 11.2. The number of halogens is 2. The molecule has 0 aliphatic heterocycles. The van der Waals surface area contributed by atoms with E-state index < -0.39 is 5.97 Å². The highest BCUT2D eigenvalue weighted by atomic mass is 35.5. The van der Waals surface area contributed by atoms with Crippen molar-refractivity contribution in [3.05, 3.63) is 68.9 Å². The average molecular weight is 349 g/mol. The molecule has 23 heavy (non-hydrogen) atoms. The smallest absolute Gasteiger partial charge is 0.335 e.